The number of thioether (sulfide) groups is 1. The second kappa shape index (κ2) is 5.68. The molecule has 0 aliphatic heterocycles. The van der Waals surface area contributed by atoms with Gasteiger partial charge in [0.2, 0.25) is 0 Å². The maximum atomic E-state index is 9.00. The van der Waals surface area contributed by atoms with Crippen molar-refractivity contribution in [3.63, 3.8) is 0 Å². The Morgan fingerprint density at radius 2 is 1.88 bits per heavy atom. The number of aliphatic hydroxyl groups excluding tert-OH is 1. The van der Waals surface area contributed by atoms with Crippen molar-refractivity contribution in [1.29, 1.82) is 0 Å². The lowest BCUT2D eigenvalue weighted by Crippen LogP contribution is -1.86. The molecular weight excluding hydrogens is 218 g/mol. The Bertz CT molecular complexity index is 445. The molecule has 82 valence electrons. The maximum Gasteiger partial charge on any atom is 0.0697 e. The van der Waals surface area contributed by atoms with Gasteiger partial charge in [-0.2, -0.15) is 0 Å². The summed E-state index contributed by atoms with van der Waals surface area (Å²) in [5, 5.41) is 9.00. The number of nitrogens with zero attached hydrogens (tertiary/aromatic N) is 1. The molecule has 2 aromatic rings. The van der Waals surface area contributed by atoms with E-state index < -0.39 is 0 Å². The first-order valence-electron chi connectivity index (χ1n) is 5.10. The molecule has 1 aromatic heterocycles. The van der Waals surface area contributed by atoms with Gasteiger partial charge in [0.15, 0.2) is 0 Å². The lowest BCUT2D eigenvalue weighted by molar-refractivity contribution is 0.281. The Labute approximate surface area is 99.4 Å². The molecule has 3 heteroatoms. The van der Waals surface area contributed by atoms with Gasteiger partial charge >= 0.3 is 0 Å². The van der Waals surface area contributed by atoms with E-state index >= 15 is 0 Å². The number of hydrogen-bond donors (Lipinski definition) is 1. The van der Waals surface area contributed by atoms with E-state index in [9.17, 15) is 0 Å². The molecule has 0 spiro atoms. The molecular formula is C13H13NOS. The molecule has 0 bridgehead atoms. The third-order valence-corrected chi connectivity index (χ3v) is 3.23. The van der Waals surface area contributed by atoms with E-state index in [-0.39, 0.29) is 6.61 Å². The summed E-state index contributed by atoms with van der Waals surface area (Å²) in [5.41, 5.74) is 2.15. The largest absolute Gasteiger partial charge is 0.392 e. The van der Waals surface area contributed by atoms with Crippen molar-refractivity contribution >= 4 is 11.8 Å². The summed E-state index contributed by atoms with van der Waals surface area (Å²) in [7, 11) is 0. The molecule has 2 rings (SSSR count). The molecule has 1 heterocycles. The van der Waals surface area contributed by atoms with E-state index in [1.54, 1.807) is 18.0 Å². The summed E-state index contributed by atoms with van der Waals surface area (Å²) >= 11 is 1.73. The molecule has 0 aliphatic rings. The van der Waals surface area contributed by atoms with E-state index in [1.807, 2.05) is 30.5 Å². The predicted octanol–water partition coefficient (Wildman–Crippen LogP) is 2.87. The number of aliphatic hydroxyl groups is 1. The molecule has 16 heavy (non-hydrogen) atoms. The molecule has 0 amide bonds. The Balaban J connectivity index is 1.99. The summed E-state index contributed by atoms with van der Waals surface area (Å²) < 4.78 is 0. The van der Waals surface area contributed by atoms with Gasteiger partial charge in [0.05, 0.1) is 6.61 Å². The third kappa shape index (κ3) is 3.08. The lowest BCUT2D eigenvalue weighted by Gasteiger charge is -2.02. The SMILES string of the molecule is OCc1cncc(SCc2ccccc2)c1. The summed E-state index contributed by atoms with van der Waals surface area (Å²) in [4.78, 5) is 5.18. The molecule has 0 aliphatic carbocycles. The second-order valence-corrected chi connectivity index (χ2v) is 4.51. The van der Waals surface area contributed by atoms with Crippen LogP contribution in [0.3, 0.4) is 0 Å². The van der Waals surface area contributed by atoms with Gasteiger partial charge in [-0.1, -0.05) is 30.3 Å². The maximum absolute atomic E-state index is 9.00. The fourth-order valence-corrected chi connectivity index (χ4v) is 2.27. The highest BCUT2D eigenvalue weighted by Crippen LogP contribution is 2.22. The fraction of sp³-hybridized carbons (Fsp3) is 0.154. The van der Waals surface area contributed by atoms with Gasteiger partial charge in [-0.25, -0.2) is 0 Å². The quantitative estimate of drug-likeness (QED) is 0.821. The highest BCUT2D eigenvalue weighted by atomic mass is 32.2. The third-order valence-electron chi connectivity index (χ3n) is 2.20. The molecule has 0 atom stereocenters. The standard InChI is InChI=1S/C13H13NOS/c15-9-12-6-13(8-14-7-12)16-10-11-4-2-1-3-5-11/h1-8,15H,9-10H2. The average Bonchev–Trinajstić information content (AvgIpc) is 2.38. The molecule has 1 N–H and O–H groups in total. The van der Waals surface area contributed by atoms with Gasteiger partial charge in [-0.05, 0) is 17.2 Å². The number of pyridine rings is 1. The minimum atomic E-state index is 0.0484. The molecule has 0 radical (unpaired) electrons. The first-order valence-corrected chi connectivity index (χ1v) is 6.08. The number of benzene rings is 1. The van der Waals surface area contributed by atoms with Gasteiger partial charge in [-0.3, -0.25) is 4.98 Å². The van der Waals surface area contributed by atoms with Gasteiger partial charge < -0.3 is 5.11 Å². The first-order chi connectivity index (χ1) is 7.88. The van der Waals surface area contributed by atoms with E-state index in [1.165, 1.54) is 5.56 Å². The van der Waals surface area contributed by atoms with Crippen LogP contribution in [0.2, 0.25) is 0 Å². The number of aromatic nitrogens is 1. The second-order valence-electron chi connectivity index (χ2n) is 3.46. The topological polar surface area (TPSA) is 33.1 Å². The van der Waals surface area contributed by atoms with Crippen molar-refractivity contribution in [1.82, 2.24) is 4.98 Å². The zero-order valence-corrected chi connectivity index (χ0v) is 9.65. The summed E-state index contributed by atoms with van der Waals surface area (Å²) in [6.45, 7) is 0.0484. The normalized spacial score (nSPS) is 10.3. The van der Waals surface area contributed by atoms with E-state index in [4.69, 9.17) is 5.11 Å². The van der Waals surface area contributed by atoms with Crippen LogP contribution in [0, 0.1) is 0 Å². The smallest absolute Gasteiger partial charge is 0.0697 e. The Morgan fingerprint density at radius 3 is 2.62 bits per heavy atom. The van der Waals surface area contributed by atoms with Crippen molar-refractivity contribution < 1.29 is 5.11 Å². The van der Waals surface area contributed by atoms with Crippen LogP contribution in [0.25, 0.3) is 0 Å². The van der Waals surface area contributed by atoms with E-state index in [0.717, 1.165) is 16.2 Å². The van der Waals surface area contributed by atoms with Crippen LogP contribution in [0.5, 0.6) is 0 Å². The van der Waals surface area contributed by atoms with Crippen molar-refractivity contribution in [2.24, 2.45) is 0 Å². The molecule has 0 fully saturated rings. The van der Waals surface area contributed by atoms with E-state index in [0.29, 0.717) is 0 Å². The molecule has 1 aromatic carbocycles. The van der Waals surface area contributed by atoms with Crippen LogP contribution < -0.4 is 0 Å². The van der Waals surface area contributed by atoms with E-state index in [2.05, 4.69) is 17.1 Å². The minimum Gasteiger partial charge on any atom is -0.392 e. The van der Waals surface area contributed by atoms with Crippen LogP contribution in [-0.2, 0) is 12.4 Å². The molecule has 0 saturated heterocycles. The van der Waals surface area contributed by atoms with Crippen LogP contribution in [-0.4, -0.2) is 10.1 Å². The molecule has 0 unspecified atom stereocenters. The molecule has 2 nitrogen and oxygen atoms in total. The summed E-state index contributed by atoms with van der Waals surface area (Å²) in [6.07, 6.45) is 3.51. The summed E-state index contributed by atoms with van der Waals surface area (Å²) in [6, 6.07) is 12.3. The van der Waals surface area contributed by atoms with Crippen LogP contribution in [0.15, 0.2) is 53.7 Å². The summed E-state index contributed by atoms with van der Waals surface area (Å²) in [5.74, 6) is 0.928. The van der Waals surface area contributed by atoms with Gasteiger partial charge in [0.25, 0.3) is 0 Å². The van der Waals surface area contributed by atoms with Crippen LogP contribution in [0.1, 0.15) is 11.1 Å². The fourth-order valence-electron chi connectivity index (χ4n) is 1.37. The van der Waals surface area contributed by atoms with Crippen molar-refractivity contribution in [2.45, 2.75) is 17.3 Å². The van der Waals surface area contributed by atoms with Crippen LogP contribution in [0.4, 0.5) is 0 Å². The zero-order valence-electron chi connectivity index (χ0n) is 8.84. The van der Waals surface area contributed by atoms with Gasteiger partial charge in [0, 0.05) is 23.0 Å². The Hall–Kier alpha value is -1.32. The number of hydrogen-bond acceptors (Lipinski definition) is 3. The zero-order chi connectivity index (χ0) is 11.2. The monoisotopic (exact) mass is 231 g/mol. The van der Waals surface area contributed by atoms with Crippen molar-refractivity contribution in [2.75, 3.05) is 0 Å². The van der Waals surface area contributed by atoms with Crippen molar-refractivity contribution in [3.8, 4) is 0 Å². The first kappa shape index (κ1) is 11.2. The van der Waals surface area contributed by atoms with Crippen LogP contribution >= 0.6 is 11.8 Å². The highest BCUT2D eigenvalue weighted by molar-refractivity contribution is 7.98. The van der Waals surface area contributed by atoms with Gasteiger partial charge in [0.1, 0.15) is 0 Å². The predicted molar refractivity (Wildman–Crippen MR) is 66.2 cm³/mol. The highest BCUT2D eigenvalue weighted by Gasteiger charge is 1.98. The lowest BCUT2D eigenvalue weighted by atomic mass is 10.2. The average molecular weight is 231 g/mol. The Morgan fingerprint density at radius 1 is 1.06 bits per heavy atom. The minimum absolute atomic E-state index is 0.0484. The number of rotatable bonds is 4. The Kier molecular flexibility index (Phi) is 3.97. The van der Waals surface area contributed by atoms with Crippen molar-refractivity contribution in [3.05, 3.63) is 59.9 Å². The van der Waals surface area contributed by atoms with Gasteiger partial charge in [-0.15, -0.1) is 11.8 Å². The molecule has 0 saturated carbocycles.